The summed E-state index contributed by atoms with van der Waals surface area (Å²) < 4.78 is 33.3. The molecule has 0 aliphatic carbocycles. The van der Waals surface area contributed by atoms with E-state index in [1.165, 1.54) is 6.20 Å². The second-order valence-electron chi connectivity index (χ2n) is 4.43. The lowest BCUT2D eigenvalue weighted by Crippen LogP contribution is -2.21. The van der Waals surface area contributed by atoms with Gasteiger partial charge in [-0.05, 0) is 19.1 Å². The largest absolute Gasteiger partial charge is 0.492 e. The Bertz CT molecular complexity index is 697. The highest BCUT2D eigenvalue weighted by molar-refractivity contribution is 7.92. The fourth-order valence-corrected chi connectivity index (χ4v) is 2.56. The number of ether oxygens (including phenoxy) is 1. The molecule has 8 heteroatoms. The molecule has 0 fully saturated rings. The summed E-state index contributed by atoms with van der Waals surface area (Å²) in [5, 5.41) is 4.00. The van der Waals surface area contributed by atoms with Crippen molar-refractivity contribution in [1.82, 2.24) is 9.78 Å². The van der Waals surface area contributed by atoms with Crippen LogP contribution in [0.25, 0.3) is 0 Å². The highest BCUT2D eigenvalue weighted by atomic mass is 32.2. The molecule has 0 radical (unpaired) electrons. The zero-order valence-corrected chi connectivity index (χ0v) is 12.5. The van der Waals surface area contributed by atoms with E-state index in [-0.39, 0.29) is 12.4 Å². The van der Waals surface area contributed by atoms with Gasteiger partial charge in [0.05, 0.1) is 11.9 Å². The van der Waals surface area contributed by atoms with E-state index >= 15 is 0 Å². The van der Waals surface area contributed by atoms with Crippen molar-refractivity contribution in [1.29, 1.82) is 0 Å². The van der Waals surface area contributed by atoms with E-state index in [4.69, 9.17) is 10.5 Å². The van der Waals surface area contributed by atoms with Gasteiger partial charge in [0, 0.05) is 24.5 Å². The van der Waals surface area contributed by atoms with Gasteiger partial charge in [0.15, 0.2) is 0 Å². The van der Waals surface area contributed by atoms with Gasteiger partial charge >= 0.3 is 0 Å². The molecule has 0 aliphatic rings. The molecule has 0 saturated heterocycles. The van der Waals surface area contributed by atoms with E-state index in [1.807, 2.05) is 6.92 Å². The molecule has 0 amide bonds. The van der Waals surface area contributed by atoms with Crippen molar-refractivity contribution >= 4 is 21.4 Å². The lowest BCUT2D eigenvalue weighted by Gasteiger charge is -2.08. The minimum Gasteiger partial charge on any atom is -0.492 e. The minimum absolute atomic E-state index is 0.0424. The first-order valence-electron chi connectivity index (χ1n) is 6.50. The summed E-state index contributed by atoms with van der Waals surface area (Å²) in [5.74, 6) is 0.392. The van der Waals surface area contributed by atoms with Gasteiger partial charge in [0.1, 0.15) is 18.1 Å². The molecule has 114 valence electrons. The third kappa shape index (κ3) is 4.67. The molecule has 2 aromatic rings. The molecule has 0 spiro atoms. The number of sulfonamides is 1. The van der Waals surface area contributed by atoms with E-state index in [0.29, 0.717) is 23.7 Å². The SMILES string of the molecule is CCn1cc(NS(=O)(=O)CCOc2cccc(N)c2)cn1. The zero-order valence-electron chi connectivity index (χ0n) is 11.7. The van der Waals surface area contributed by atoms with Crippen LogP contribution in [0.3, 0.4) is 0 Å². The first-order valence-corrected chi connectivity index (χ1v) is 8.15. The van der Waals surface area contributed by atoms with Crippen LogP contribution in [0.15, 0.2) is 36.7 Å². The van der Waals surface area contributed by atoms with Crippen LogP contribution in [0, 0.1) is 0 Å². The van der Waals surface area contributed by atoms with Crippen molar-refractivity contribution in [2.75, 3.05) is 22.8 Å². The van der Waals surface area contributed by atoms with Gasteiger partial charge < -0.3 is 10.5 Å². The van der Waals surface area contributed by atoms with Gasteiger partial charge in [-0.1, -0.05) is 6.07 Å². The third-order valence-corrected chi connectivity index (χ3v) is 3.96. The number of aromatic nitrogens is 2. The number of nitrogen functional groups attached to an aromatic ring is 1. The van der Waals surface area contributed by atoms with Crippen molar-refractivity contribution in [2.45, 2.75) is 13.5 Å². The Morgan fingerprint density at radius 1 is 1.43 bits per heavy atom. The van der Waals surface area contributed by atoms with Crippen LogP contribution in [-0.4, -0.2) is 30.6 Å². The maximum atomic E-state index is 11.9. The Labute approximate surface area is 123 Å². The molecule has 0 saturated carbocycles. The molecule has 1 aromatic carbocycles. The van der Waals surface area contributed by atoms with Crippen LogP contribution >= 0.6 is 0 Å². The van der Waals surface area contributed by atoms with Gasteiger partial charge in [-0.25, -0.2) is 8.42 Å². The van der Waals surface area contributed by atoms with Crippen molar-refractivity contribution in [3.05, 3.63) is 36.7 Å². The summed E-state index contributed by atoms with van der Waals surface area (Å²) in [4.78, 5) is 0. The monoisotopic (exact) mass is 310 g/mol. The normalized spacial score (nSPS) is 11.3. The minimum atomic E-state index is -3.47. The van der Waals surface area contributed by atoms with E-state index in [2.05, 4.69) is 9.82 Å². The second kappa shape index (κ2) is 6.49. The summed E-state index contributed by atoms with van der Waals surface area (Å²) in [5.41, 5.74) is 6.63. The number of nitrogens with two attached hydrogens (primary N) is 1. The quantitative estimate of drug-likeness (QED) is 0.751. The van der Waals surface area contributed by atoms with Gasteiger partial charge in [0.2, 0.25) is 10.0 Å². The summed E-state index contributed by atoms with van der Waals surface area (Å²) in [6, 6.07) is 6.85. The number of benzene rings is 1. The summed E-state index contributed by atoms with van der Waals surface area (Å²) in [6.07, 6.45) is 3.11. The number of hydrogen-bond donors (Lipinski definition) is 2. The Hall–Kier alpha value is -2.22. The predicted octanol–water partition coefficient (Wildman–Crippen LogP) is 1.31. The predicted molar refractivity (Wildman–Crippen MR) is 81.7 cm³/mol. The molecule has 0 aliphatic heterocycles. The topological polar surface area (TPSA) is 99.2 Å². The van der Waals surface area contributed by atoms with Crippen molar-refractivity contribution < 1.29 is 13.2 Å². The van der Waals surface area contributed by atoms with Crippen LogP contribution < -0.4 is 15.2 Å². The van der Waals surface area contributed by atoms with E-state index < -0.39 is 10.0 Å². The molecule has 1 heterocycles. The average molecular weight is 310 g/mol. The fourth-order valence-electron chi connectivity index (χ4n) is 1.69. The fraction of sp³-hybridized carbons (Fsp3) is 0.308. The summed E-state index contributed by atoms with van der Waals surface area (Å²) in [6.45, 7) is 2.64. The Morgan fingerprint density at radius 3 is 2.90 bits per heavy atom. The Balaban J connectivity index is 1.86. The number of hydrogen-bond acceptors (Lipinski definition) is 5. The second-order valence-corrected chi connectivity index (χ2v) is 6.27. The number of rotatable bonds is 7. The maximum absolute atomic E-state index is 11.9. The number of nitrogens with one attached hydrogen (secondary N) is 1. The maximum Gasteiger partial charge on any atom is 0.236 e. The smallest absolute Gasteiger partial charge is 0.236 e. The van der Waals surface area contributed by atoms with E-state index in [9.17, 15) is 8.42 Å². The zero-order chi connectivity index (χ0) is 15.3. The van der Waals surface area contributed by atoms with Crippen LogP contribution in [-0.2, 0) is 16.6 Å². The Morgan fingerprint density at radius 2 is 2.24 bits per heavy atom. The van der Waals surface area contributed by atoms with E-state index in [1.54, 1.807) is 35.1 Å². The first-order chi connectivity index (χ1) is 9.98. The number of nitrogens with zero attached hydrogens (tertiary/aromatic N) is 2. The standard InChI is InChI=1S/C13H18N4O3S/c1-2-17-10-12(9-15-17)16-21(18,19)7-6-20-13-5-3-4-11(14)8-13/h3-5,8-10,16H,2,6-7,14H2,1H3. The van der Waals surface area contributed by atoms with Gasteiger partial charge in [0.25, 0.3) is 0 Å². The van der Waals surface area contributed by atoms with Gasteiger partial charge in [-0.3, -0.25) is 9.40 Å². The molecule has 3 N–H and O–H groups in total. The van der Waals surface area contributed by atoms with Crippen LogP contribution in [0.5, 0.6) is 5.75 Å². The molecule has 7 nitrogen and oxygen atoms in total. The lowest BCUT2D eigenvalue weighted by molar-refractivity contribution is 0.341. The van der Waals surface area contributed by atoms with Crippen molar-refractivity contribution in [3.63, 3.8) is 0 Å². The highest BCUT2D eigenvalue weighted by Gasteiger charge is 2.12. The number of anilines is 2. The molecule has 0 atom stereocenters. The summed E-state index contributed by atoms with van der Waals surface area (Å²) in [7, 11) is -3.47. The highest BCUT2D eigenvalue weighted by Crippen LogP contribution is 2.14. The van der Waals surface area contributed by atoms with Crippen LogP contribution in [0.4, 0.5) is 11.4 Å². The summed E-state index contributed by atoms with van der Waals surface area (Å²) >= 11 is 0. The molecule has 0 unspecified atom stereocenters. The first kappa shape index (κ1) is 15.2. The van der Waals surface area contributed by atoms with Crippen molar-refractivity contribution in [3.8, 4) is 5.75 Å². The number of aryl methyl sites for hydroxylation is 1. The molecule has 21 heavy (non-hydrogen) atoms. The molecular weight excluding hydrogens is 292 g/mol. The molecule has 1 aromatic heterocycles. The van der Waals surface area contributed by atoms with Gasteiger partial charge in [-0.15, -0.1) is 0 Å². The lowest BCUT2D eigenvalue weighted by atomic mass is 10.3. The van der Waals surface area contributed by atoms with E-state index in [0.717, 1.165) is 0 Å². The molecule has 0 bridgehead atoms. The van der Waals surface area contributed by atoms with Crippen LogP contribution in [0.2, 0.25) is 0 Å². The molecular formula is C13H18N4O3S. The average Bonchev–Trinajstić information content (AvgIpc) is 2.85. The van der Waals surface area contributed by atoms with Gasteiger partial charge in [-0.2, -0.15) is 5.10 Å². The van der Waals surface area contributed by atoms with Crippen LogP contribution in [0.1, 0.15) is 6.92 Å². The Kier molecular flexibility index (Phi) is 4.69. The third-order valence-electron chi connectivity index (χ3n) is 2.71. The van der Waals surface area contributed by atoms with Crippen molar-refractivity contribution in [2.24, 2.45) is 0 Å². The molecule has 2 rings (SSSR count).